The van der Waals surface area contributed by atoms with E-state index >= 15 is 0 Å². The molecule has 1 atom stereocenters. The smallest absolute Gasteiger partial charge is 0.225 e. The average molecular weight is 366 g/mol. The lowest BCUT2D eigenvalue weighted by molar-refractivity contribution is 0.753. The number of nitrogens with zero attached hydrogens (tertiary/aromatic N) is 3. The van der Waals surface area contributed by atoms with Gasteiger partial charge < -0.3 is 10.6 Å². The van der Waals surface area contributed by atoms with Crippen LogP contribution in [0.4, 0.5) is 17.5 Å². The predicted molar refractivity (Wildman–Crippen MR) is 110 cm³/mol. The molecule has 26 heavy (non-hydrogen) atoms. The Morgan fingerprint density at radius 2 is 1.88 bits per heavy atom. The molecule has 1 aromatic carbocycles. The van der Waals surface area contributed by atoms with Crippen molar-refractivity contribution < 1.29 is 0 Å². The number of pyridine rings is 1. The fourth-order valence-electron chi connectivity index (χ4n) is 2.42. The lowest BCUT2D eigenvalue weighted by atomic mass is 10.2. The van der Waals surface area contributed by atoms with Gasteiger partial charge in [-0.1, -0.05) is 13.0 Å². The second-order valence-corrected chi connectivity index (χ2v) is 6.89. The highest BCUT2D eigenvalue weighted by atomic mass is 32.2. The van der Waals surface area contributed by atoms with Crippen molar-refractivity contribution in [2.75, 3.05) is 16.9 Å². The van der Waals surface area contributed by atoms with Gasteiger partial charge >= 0.3 is 0 Å². The summed E-state index contributed by atoms with van der Waals surface area (Å²) >= 11 is 1.72. The molecule has 5 nitrogen and oxygen atoms in total. The van der Waals surface area contributed by atoms with Crippen molar-refractivity contribution in [1.82, 2.24) is 15.0 Å². The molecular formula is C20H23N5S. The summed E-state index contributed by atoms with van der Waals surface area (Å²) in [4.78, 5) is 14.6. The van der Waals surface area contributed by atoms with Gasteiger partial charge in [0.05, 0.1) is 5.69 Å². The van der Waals surface area contributed by atoms with Gasteiger partial charge in [0.15, 0.2) is 0 Å². The Labute approximate surface area is 158 Å². The number of thioether (sulfide) groups is 1. The van der Waals surface area contributed by atoms with Gasteiger partial charge in [-0.05, 0) is 49.9 Å². The SMILES string of the molecule is CC[C@H](C)Nc1nc(Nc2cccc(SC)c2)cc(-c2ccncc2)n1. The van der Waals surface area contributed by atoms with E-state index in [1.807, 2.05) is 30.3 Å². The van der Waals surface area contributed by atoms with E-state index in [2.05, 4.69) is 57.8 Å². The summed E-state index contributed by atoms with van der Waals surface area (Å²) in [5.41, 5.74) is 2.87. The van der Waals surface area contributed by atoms with Crippen LogP contribution in [0, 0.1) is 0 Å². The van der Waals surface area contributed by atoms with Crippen molar-refractivity contribution in [1.29, 1.82) is 0 Å². The van der Waals surface area contributed by atoms with Crippen LogP contribution < -0.4 is 10.6 Å². The van der Waals surface area contributed by atoms with Crippen molar-refractivity contribution in [3.8, 4) is 11.3 Å². The molecule has 2 N–H and O–H groups in total. The monoisotopic (exact) mass is 365 g/mol. The predicted octanol–water partition coefficient (Wildman–Crippen LogP) is 5.21. The molecule has 0 saturated carbocycles. The fraction of sp³-hybridized carbons (Fsp3) is 0.250. The first kappa shape index (κ1) is 18.2. The Hall–Kier alpha value is -2.60. The summed E-state index contributed by atoms with van der Waals surface area (Å²) in [7, 11) is 0. The van der Waals surface area contributed by atoms with E-state index in [9.17, 15) is 0 Å². The van der Waals surface area contributed by atoms with Crippen LogP contribution >= 0.6 is 11.8 Å². The summed E-state index contributed by atoms with van der Waals surface area (Å²) in [6, 6.07) is 14.4. The van der Waals surface area contributed by atoms with Gasteiger partial charge in [0.2, 0.25) is 5.95 Å². The zero-order valence-corrected chi connectivity index (χ0v) is 16.0. The van der Waals surface area contributed by atoms with E-state index in [-0.39, 0.29) is 0 Å². The Kier molecular flexibility index (Phi) is 6.07. The number of hydrogen-bond acceptors (Lipinski definition) is 6. The Morgan fingerprint density at radius 3 is 2.62 bits per heavy atom. The Morgan fingerprint density at radius 1 is 1.08 bits per heavy atom. The first-order valence-electron chi connectivity index (χ1n) is 8.65. The first-order valence-corrected chi connectivity index (χ1v) is 9.87. The van der Waals surface area contributed by atoms with Crippen molar-refractivity contribution >= 4 is 29.2 Å². The lowest BCUT2D eigenvalue weighted by Gasteiger charge is -2.15. The highest BCUT2D eigenvalue weighted by Crippen LogP contribution is 2.25. The molecule has 2 aromatic heterocycles. The highest BCUT2D eigenvalue weighted by Gasteiger charge is 2.09. The molecule has 0 saturated heterocycles. The van der Waals surface area contributed by atoms with Crippen molar-refractivity contribution in [3.05, 3.63) is 54.9 Å². The summed E-state index contributed by atoms with van der Waals surface area (Å²) in [5, 5.41) is 6.77. The molecule has 0 unspecified atom stereocenters. The minimum atomic E-state index is 0.301. The molecule has 0 aliphatic carbocycles. The minimum Gasteiger partial charge on any atom is -0.352 e. The molecule has 0 bridgehead atoms. The highest BCUT2D eigenvalue weighted by molar-refractivity contribution is 7.98. The van der Waals surface area contributed by atoms with Crippen molar-refractivity contribution in [2.45, 2.75) is 31.2 Å². The topological polar surface area (TPSA) is 62.7 Å². The maximum absolute atomic E-state index is 4.67. The average Bonchev–Trinajstić information content (AvgIpc) is 2.68. The molecule has 0 aliphatic heterocycles. The Bertz CT molecular complexity index is 854. The van der Waals surface area contributed by atoms with E-state index in [1.54, 1.807) is 24.2 Å². The summed E-state index contributed by atoms with van der Waals surface area (Å²) in [6.07, 6.45) is 6.61. The van der Waals surface area contributed by atoms with Crippen LogP contribution in [0.15, 0.2) is 59.8 Å². The van der Waals surface area contributed by atoms with Gasteiger partial charge in [0, 0.05) is 40.6 Å². The molecule has 3 aromatic rings. The number of benzene rings is 1. The van der Waals surface area contributed by atoms with Gasteiger partial charge in [-0.3, -0.25) is 4.98 Å². The van der Waals surface area contributed by atoms with Gasteiger partial charge in [0.25, 0.3) is 0 Å². The van der Waals surface area contributed by atoms with E-state index < -0.39 is 0 Å². The van der Waals surface area contributed by atoms with Crippen LogP contribution in [-0.2, 0) is 0 Å². The van der Waals surface area contributed by atoms with E-state index in [1.165, 1.54) is 4.90 Å². The maximum Gasteiger partial charge on any atom is 0.225 e. The second kappa shape index (κ2) is 8.67. The third-order valence-corrected chi connectivity index (χ3v) is 4.76. The molecule has 2 heterocycles. The third kappa shape index (κ3) is 4.73. The molecule has 134 valence electrons. The standard InChI is InChI=1S/C20H23N5S/c1-4-14(2)22-20-24-18(15-8-10-21-11-9-15)13-19(25-20)23-16-6-5-7-17(12-16)26-3/h5-14H,4H2,1-3H3,(H2,22,23,24,25)/t14-/m0/s1. The molecule has 0 spiro atoms. The Balaban J connectivity index is 1.96. The largest absolute Gasteiger partial charge is 0.352 e. The number of hydrogen-bond donors (Lipinski definition) is 2. The fourth-order valence-corrected chi connectivity index (χ4v) is 2.88. The number of nitrogens with one attached hydrogen (secondary N) is 2. The third-order valence-electron chi connectivity index (χ3n) is 4.03. The van der Waals surface area contributed by atoms with Gasteiger partial charge in [-0.15, -0.1) is 11.8 Å². The maximum atomic E-state index is 4.67. The van der Waals surface area contributed by atoms with Crippen molar-refractivity contribution in [2.24, 2.45) is 0 Å². The number of anilines is 3. The molecule has 3 rings (SSSR count). The van der Waals surface area contributed by atoms with Gasteiger partial charge in [-0.25, -0.2) is 4.98 Å². The lowest BCUT2D eigenvalue weighted by Crippen LogP contribution is -2.16. The van der Waals surface area contributed by atoms with Crippen molar-refractivity contribution in [3.63, 3.8) is 0 Å². The van der Waals surface area contributed by atoms with E-state index in [0.29, 0.717) is 12.0 Å². The summed E-state index contributed by atoms with van der Waals surface area (Å²) < 4.78 is 0. The molecular weight excluding hydrogens is 342 g/mol. The normalized spacial score (nSPS) is 11.8. The van der Waals surface area contributed by atoms with Gasteiger partial charge in [0.1, 0.15) is 5.82 Å². The van der Waals surface area contributed by atoms with Gasteiger partial charge in [-0.2, -0.15) is 4.98 Å². The van der Waals surface area contributed by atoms with E-state index in [4.69, 9.17) is 0 Å². The van der Waals surface area contributed by atoms with E-state index in [0.717, 1.165) is 29.2 Å². The molecule has 6 heteroatoms. The summed E-state index contributed by atoms with van der Waals surface area (Å²) in [5.74, 6) is 1.38. The summed E-state index contributed by atoms with van der Waals surface area (Å²) in [6.45, 7) is 4.26. The molecule has 0 amide bonds. The van der Waals surface area contributed by atoms with Crippen LogP contribution in [-0.4, -0.2) is 27.2 Å². The van der Waals surface area contributed by atoms with Crippen LogP contribution in [0.1, 0.15) is 20.3 Å². The van der Waals surface area contributed by atoms with Crippen LogP contribution in [0.25, 0.3) is 11.3 Å². The van der Waals surface area contributed by atoms with Crippen LogP contribution in [0.3, 0.4) is 0 Å². The first-order chi connectivity index (χ1) is 12.7. The minimum absolute atomic E-state index is 0.301. The molecule has 0 aliphatic rings. The second-order valence-electron chi connectivity index (χ2n) is 6.01. The van der Waals surface area contributed by atoms with Crippen LogP contribution in [0.2, 0.25) is 0 Å². The quantitative estimate of drug-likeness (QED) is 0.560. The zero-order valence-electron chi connectivity index (χ0n) is 15.2. The van der Waals surface area contributed by atoms with Crippen LogP contribution in [0.5, 0.6) is 0 Å². The number of rotatable bonds is 7. The molecule has 0 fully saturated rings. The molecule has 0 radical (unpaired) electrons. The number of aromatic nitrogens is 3. The zero-order chi connectivity index (χ0) is 18.4.